The first-order valence-corrected chi connectivity index (χ1v) is 15.2. The van der Waals surface area contributed by atoms with E-state index in [0.717, 1.165) is 66.1 Å². The van der Waals surface area contributed by atoms with Gasteiger partial charge in [-0.25, -0.2) is 4.98 Å². The second-order valence-electron chi connectivity index (χ2n) is 10.7. The summed E-state index contributed by atoms with van der Waals surface area (Å²) in [6.07, 6.45) is 5.57. The number of nitrogens with zero attached hydrogens (tertiary/aromatic N) is 4. The van der Waals surface area contributed by atoms with Crippen molar-refractivity contribution in [3.63, 3.8) is 0 Å². The van der Waals surface area contributed by atoms with E-state index in [1.807, 2.05) is 24.5 Å². The van der Waals surface area contributed by atoms with Crippen LogP contribution in [0, 0.1) is 0 Å². The largest absolute Gasteiger partial charge is 0.292 e. The maximum atomic E-state index is 5.27. The number of rotatable bonds is 5. The summed E-state index contributed by atoms with van der Waals surface area (Å²) in [6.45, 7) is 0. The topological polar surface area (TPSA) is 43.6 Å². The average molecular weight is 630 g/mol. The standard InChI is InChI=1S/C39H25BrN4/c40-34-23-32(22-33(24-34)31-9-6-19-41-25-31)27-12-15-28(16-13-27)39-43-38-36(44(39)35-10-2-1-3-11-35)18-20-42-37(38)30-17-14-26-7-4-5-8-29(26)21-30/h1-25H. The molecule has 5 heteroatoms. The fraction of sp³-hybridized carbons (Fsp3) is 0. The number of fused-ring (bicyclic) bond motifs is 2. The highest BCUT2D eigenvalue weighted by atomic mass is 79.9. The lowest BCUT2D eigenvalue weighted by atomic mass is 9.99. The van der Waals surface area contributed by atoms with Crippen LogP contribution in [0.15, 0.2) is 157 Å². The summed E-state index contributed by atoms with van der Waals surface area (Å²) in [5.74, 6) is 0.873. The zero-order chi connectivity index (χ0) is 29.5. The molecular weight excluding hydrogens is 604 g/mol. The Morgan fingerprint density at radius 2 is 1.25 bits per heavy atom. The van der Waals surface area contributed by atoms with Gasteiger partial charge in [0.2, 0.25) is 0 Å². The lowest BCUT2D eigenvalue weighted by molar-refractivity contribution is 1.10. The third kappa shape index (κ3) is 4.77. The van der Waals surface area contributed by atoms with Crippen molar-refractivity contribution in [1.82, 2.24) is 19.5 Å². The molecule has 208 valence electrons. The Hall–Kier alpha value is -5.39. The van der Waals surface area contributed by atoms with Gasteiger partial charge >= 0.3 is 0 Å². The Morgan fingerprint density at radius 3 is 2.05 bits per heavy atom. The maximum Gasteiger partial charge on any atom is 0.145 e. The average Bonchev–Trinajstić information content (AvgIpc) is 3.49. The van der Waals surface area contributed by atoms with Crippen LogP contribution in [0.1, 0.15) is 0 Å². The van der Waals surface area contributed by atoms with Crippen LogP contribution in [0.25, 0.3) is 72.4 Å². The van der Waals surface area contributed by atoms with Gasteiger partial charge in [0.25, 0.3) is 0 Å². The molecule has 0 aliphatic heterocycles. The minimum atomic E-state index is 0.873. The molecular formula is C39H25BrN4. The smallest absolute Gasteiger partial charge is 0.145 e. The second kappa shape index (κ2) is 11.0. The Kier molecular flexibility index (Phi) is 6.58. The zero-order valence-electron chi connectivity index (χ0n) is 23.6. The fourth-order valence-corrected chi connectivity index (χ4v) is 6.35. The Morgan fingerprint density at radius 1 is 0.523 bits per heavy atom. The number of hydrogen-bond donors (Lipinski definition) is 0. The van der Waals surface area contributed by atoms with Crippen LogP contribution >= 0.6 is 15.9 Å². The first-order valence-electron chi connectivity index (χ1n) is 14.5. The van der Waals surface area contributed by atoms with Gasteiger partial charge < -0.3 is 0 Å². The summed E-state index contributed by atoms with van der Waals surface area (Å²) in [4.78, 5) is 14.4. The summed E-state index contributed by atoms with van der Waals surface area (Å²) in [6, 6.07) is 46.5. The molecule has 0 fully saturated rings. The van der Waals surface area contributed by atoms with E-state index in [1.165, 1.54) is 10.8 Å². The molecule has 3 heterocycles. The minimum absolute atomic E-state index is 0.873. The molecule has 0 spiro atoms. The van der Waals surface area contributed by atoms with Gasteiger partial charge in [-0.15, -0.1) is 0 Å². The lowest BCUT2D eigenvalue weighted by Gasteiger charge is -2.11. The van der Waals surface area contributed by atoms with Crippen molar-refractivity contribution < 1.29 is 0 Å². The van der Waals surface area contributed by atoms with Crippen LogP contribution in [0.5, 0.6) is 0 Å². The lowest BCUT2D eigenvalue weighted by Crippen LogP contribution is -1.97. The monoisotopic (exact) mass is 628 g/mol. The molecule has 4 nitrogen and oxygen atoms in total. The van der Waals surface area contributed by atoms with E-state index in [2.05, 4.69) is 147 Å². The molecule has 0 amide bonds. The third-order valence-corrected chi connectivity index (χ3v) is 8.44. The van der Waals surface area contributed by atoms with Crippen LogP contribution in [0.4, 0.5) is 0 Å². The number of benzene rings is 5. The SMILES string of the molecule is Brc1cc(-c2ccc(-c3nc4c(-c5ccc6ccccc6c5)nccc4n3-c3ccccc3)cc2)cc(-c2cccnc2)c1. The summed E-state index contributed by atoms with van der Waals surface area (Å²) in [5, 5.41) is 2.39. The van der Waals surface area contributed by atoms with E-state index in [-0.39, 0.29) is 0 Å². The van der Waals surface area contributed by atoms with Crippen molar-refractivity contribution in [2.45, 2.75) is 0 Å². The van der Waals surface area contributed by atoms with E-state index in [4.69, 9.17) is 9.97 Å². The normalized spacial score (nSPS) is 11.3. The molecule has 0 atom stereocenters. The van der Waals surface area contributed by atoms with Gasteiger partial charge in [0, 0.05) is 45.4 Å². The molecule has 0 radical (unpaired) electrons. The van der Waals surface area contributed by atoms with Crippen LogP contribution in [-0.2, 0) is 0 Å². The molecule has 3 aromatic heterocycles. The molecule has 0 saturated heterocycles. The number of imidazole rings is 1. The van der Waals surface area contributed by atoms with E-state index < -0.39 is 0 Å². The highest BCUT2D eigenvalue weighted by molar-refractivity contribution is 9.10. The molecule has 5 aromatic carbocycles. The summed E-state index contributed by atoms with van der Waals surface area (Å²) >= 11 is 3.71. The van der Waals surface area contributed by atoms with Crippen molar-refractivity contribution in [2.24, 2.45) is 0 Å². The molecule has 0 saturated carbocycles. The summed E-state index contributed by atoms with van der Waals surface area (Å²) in [5.41, 5.74) is 10.3. The Balaban J connectivity index is 1.26. The zero-order valence-corrected chi connectivity index (χ0v) is 25.2. The predicted molar refractivity (Wildman–Crippen MR) is 184 cm³/mol. The summed E-state index contributed by atoms with van der Waals surface area (Å²) < 4.78 is 3.26. The molecule has 0 aliphatic carbocycles. The molecule has 8 rings (SSSR count). The molecule has 0 N–H and O–H groups in total. The molecule has 44 heavy (non-hydrogen) atoms. The van der Waals surface area contributed by atoms with E-state index in [9.17, 15) is 0 Å². The number of halogens is 1. The number of para-hydroxylation sites is 1. The minimum Gasteiger partial charge on any atom is -0.292 e. The van der Waals surface area contributed by atoms with Gasteiger partial charge in [-0.3, -0.25) is 14.5 Å². The van der Waals surface area contributed by atoms with Gasteiger partial charge in [0.15, 0.2) is 0 Å². The van der Waals surface area contributed by atoms with Crippen LogP contribution in [0.3, 0.4) is 0 Å². The Labute approximate surface area is 263 Å². The van der Waals surface area contributed by atoms with Crippen molar-refractivity contribution in [2.75, 3.05) is 0 Å². The fourth-order valence-electron chi connectivity index (χ4n) is 5.85. The first-order chi connectivity index (χ1) is 21.7. The second-order valence-corrected chi connectivity index (χ2v) is 11.7. The maximum absolute atomic E-state index is 5.27. The van der Waals surface area contributed by atoms with Gasteiger partial charge in [-0.05, 0) is 76.0 Å². The molecule has 8 aromatic rings. The molecule has 0 unspecified atom stereocenters. The number of aromatic nitrogens is 4. The van der Waals surface area contributed by atoms with E-state index >= 15 is 0 Å². The van der Waals surface area contributed by atoms with Crippen molar-refractivity contribution >= 4 is 37.7 Å². The third-order valence-electron chi connectivity index (χ3n) is 7.98. The summed E-state index contributed by atoms with van der Waals surface area (Å²) in [7, 11) is 0. The first kappa shape index (κ1) is 26.3. The van der Waals surface area contributed by atoms with E-state index in [0.29, 0.717) is 0 Å². The number of pyridine rings is 2. The van der Waals surface area contributed by atoms with E-state index in [1.54, 1.807) is 6.20 Å². The highest BCUT2D eigenvalue weighted by Crippen LogP contribution is 2.36. The van der Waals surface area contributed by atoms with Gasteiger partial charge in [0.05, 0.1) is 11.2 Å². The highest BCUT2D eigenvalue weighted by Gasteiger charge is 2.19. The van der Waals surface area contributed by atoms with Gasteiger partial charge in [-0.1, -0.05) is 101 Å². The van der Waals surface area contributed by atoms with Gasteiger partial charge in [-0.2, -0.15) is 0 Å². The number of hydrogen-bond acceptors (Lipinski definition) is 3. The van der Waals surface area contributed by atoms with Crippen LogP contribution < -0.4 is 0 Å². The van der Waals surface area contributed by atoms with Crippen molar-refractivity contribution in [3.8, 4) is 50.6 Å². The van der Waals surface area contributed by atoms with Crippen molar-refractivity contribution in [1.29, 1.82) is 0 Å². The van der Waals surface area contributed by atoms with Gasteiger partial charge in [0.1, 0.15) is 11.3 Å². The molecule has 0 bridgehead atoms. The predicted octanol–water partition coefficient (Wildman–Crippen LogP) is 10.4. The van der Waals surface area contributed by atoms with Crippen LogP contribution in [-0.4, -0.2) is 19.5 Å². The van der Waals surface area contributed by atoms with Crippen molar-refractivity contribution in [3.05, 3.63) is 157 Å². The quantitative estimate of drug-likeness (QED) is 0.190. The van der Waals surface area contributed by atoms with Crippen LogP contribution in [0.2, 0.25) is 0 Å². The molecule has 0 aliphatic rings. The Bertz CT molecular complexity index is 2270.